The standard InChI is InChI=1S/C25H28N4O4/c1-15-19(24(30)28-10-4-5-11-28)14-26-23(27-15)20-7-6-12-29(20)25(31)22-16(2)33-21-9-8-17(32-3)13-18(21)22/h8-9,13-14,20H,4-7,10-12H2,1-3H3/t20-/m1/s1. The average molecular weight is 449 g/mol. The Hall–Kier alpha value is -3.42. The van der Waals surface area contributed by atoms with Crippen molar-refractivity contribution in [3.8, 4) is 5.75 Å². The van der Waals surface area contributed by atoms with Crippen molar-refractivity contribution in [1.29, 1.82) is 0 Å². The van der Waals surface area contributed by atoms with Gasteiger partial charge in [0.25, 0.3) is 11.8 Å². The van der Waals surface area contributed by atoms with E-state index in [4.69, 9.17) is 9.15 Å². The minimum atomic E-state index is -0.234. The molecular formula is C25H28N4O4. The van der Waals surface area contributed by atoms with Crippen molar-refractivity contribution in [3.05, 3.63) is 52.8 Å². The van der Waals surface area contributed by atoms with E-state index in [0.717, 1.165) is 44.2 Å². The van der Waals surface area contributed by atoms with Gasteiger partial charge in [0, 0.05) is 31.2 Å². The molecule has 0 radical (unpaired) electrons. The van der Waals surface area contributed by atoms with Crippen molar-refractivity contribution < 1.29 is 18.7 Å². The van der Waals surface area contributed by atoms with Gasteiger partial charge in [0.2, 0.25) is 0 Å². The van der Waals surface area contributed by atoms with Gasteiger partial charge in [0.1, 0.15) is 17.1 Å². The quantitative estimate of drug-likeness (QED) is 0.598. The number of carbonyl (C=O) groups is 2. The highest BCUT2D eigenvalue weighted by Gasteiger charge is 2.35. The van der Waals surface area contributed by atoms with Crippen molar-refractivity contribution >= 4 is 22.8 Å². The first-order valence-corrected chi connectivity index (χ1v) is 11.5. The van der Waals surface area contributed by atoms with Gasteiger partial charge in [-0.2, -0.15) is 0 Å². The number of aryl methyl sites for hydroxylation is 2. The summed E-state index contributed by atoms with van der Waals surface area (Å²) in [5, 5.41) is 0.742. The molecule has 0 saturated carbocycles. The molecule has 33 heavy (non-hydrogen) atoms. The van der Waals surface area contributed by atoms with Crippen LogP contribution in [0.3, 0.4) is 0 Å². The molecule has 2 aromatic heterocycles. The van der Waals surface area contributed by atoms with Gasteiger partial charge in [-0.25, -0.2) is 9.97 Å². The van der Waals surface area contributed by atoms with E-state index in [1.165, 1.54) is 0 Å². The van der Waals surface area contributed by atoms with Crippen molar-refractivity contribution in [2.24, 2.45) is 0 Å². The van der Waals surface area contributed by atoms with Gasteiger partial charge in [-0.15, -0.1) is 0 Å². The SMILES string of the molecule is COc1ccc2oc(C)c(C(=O)N3CCC[C@@H]3c3ncc(C(=O)N4CCCC4)c(C)n3)c2c1. The molecule has 3 aromatic rings. The molecule has 2 aliphatic rings. The van der Waals surface area contributed by atoms with Crippen LogP contribution >= 0.6 is 0 Å². The maximum Gasteiger partial charge on any atom is 0.258 e. The number of aromatic nitrogens is 2. The summed E-state index contributed by atoms with van der Waals surface area (Å²) in [7, 11) is 1.60. The summed E-state index contributed by atoms with van der Waals surface area (Å²) in [5.74, 6) is 1.73. The zero-order valence-corrected chi connectivity index (χ0v) is 19.3. The lowest BCUT2D eigenvalue weighted by atomic mass is 10.1. The van der Waals surface area contributed by atoms with Crippen LogP contribution in [0.2, 0.25) is 0 Å². The molecule has 0 unspecified atom stereocenters. The summed E-state index contributed by atoms with van der Waals surface area (Å²) in [5.41, 5.74) is 2.41. The number of ether oxygens (including phenoxy) is 1. The van der Waals surface area contributed by atoms with Crippen LogP contribution < -0.4 is 4.74 Å². The monoisotopic (exact) mass is 448 g/mol. The zero-order valence-electron chi connectivity index (χ0n) is 19.3. The number of nitrogens with zero attached hydrogens (tertiary/aromatic N) is 4. The first kappa shape index (κ1) is 21.4. The molecule has 1 aromatic carbocycles. The predicted molar refractivity (Wildman–Crippen MR) is 122 cm³/mol. The second kappa shape index (κ2) is 8.50. The van der Waals surface area contributed by atoms with E-state index in [0.29, 0.717) is 46.3 Å². The van der Waals surface area contributed by atoms with Crippen LogP contribution in [0.5, 0.6) is 5.75 Å². The van der Waals surface area contributed by atoms with Crippen LogP contribution in [-0.2, 0) is 0 Å². The van der Waals surface area contributed by atoms with Gasteiger partial charge in [0.05, 0.1) is 30.0 Å². The number of methoxy groups -OCH3 is 1. The van der Waals surface area contributed by atoms with Crippen molar-refractivity contribution in [2.75, 3.05) is 26.7 Å². The molecule has 5 rings (SSSR count). The van der Waals surface area contributed by atoms with Crippen molar-refractivity contribution in [1.82, 2.24) is 19.8 Å². The van der Waals surface area contributed by atoms with E-state index in [9.17, 15) is 9.59 Å². The highest BCUT2D eigenvalue weighted by Crippen LogP contribution is 2.36. The largest absolute Gasteiger partial charge is 0.497 e. The van der Waals surface area contributed by atoms with Crippen molar-refractivity contribution in [2.45, 2.75) is 45.6 Å². The number of hydrogen-bond acceptors (Lipinski definition) is 6. The highest BCUT2D eigenvalue weighted by atomic mass is 16.5. The molecule has 172 valence electrons. The van der Waals surface area contributed by atoms with E-state index in [1.807, 2.05) is 41.8 Å². The summed E-state index contributed by atoms with van der Waals surface area (Å²) in [6, 6.07) is 5.24. The van der Waals surface area contributed by atoms with Crippen molar-refractivity contribution in [3.63, 3.8) is 0 Å². The number of benzene rings is 1. The Bertz CT molecular complexity index is 1230. The lowest BCUT2D eigenvalue weighted by Crippen LogP contribution is -2.32. The van der Waals surface area contributed by atoms with E-state index < -0.39 is 0 Å². The Morgan fingerprint density at radius 1 is 1.09 bits per heavy atom. The number of rotatable bonds is 4. The van der Waals surface area contributed by atoms with E-state index in [1.54, 1.807) is 13.3 Å². The Kier molecular flexibility index (Phi) is 5.52. The van der Waals surface area contributed by atoms with Gasteiger partial charge in [0.15, 0.2) is 5.82 Å². The minimum absolute atomic E-state index is 0.00894. The van der Waals surface area contributed by atoms with Gasteiger partial charge < -0.3 is 19.0 Å². The van der Waals surface area contributed by atoms with Crippen LogP contribution in [0.4, 0.5) is 0 Å². The second-order valence-electron chi connectivity index (χ2n) is 8.78. The summed E-state index contributed by atoms with van der Waals surface area (Å²) >= 11 is 0. The van der Waals surface area contributed by atoms with E-state index in [2.05, 4.69) is 9.97 Å². The first-order valence-electron chi connectivity index (χ1n) is 11.5. The van der Waals surface area contributed by atoms with E-state index >= 15 is 0 Å². The first-order chi connectivity index (χ1) is 16.0. The van der Waals surface area contributed by atoms with Gasteiger partial charge in [-0.1, -0.05) is 0 Å². The number of hydrogen-bond donors (Lipinski definition) is 0. The molecule has 0 aliphatic carbocycles. The smallest absolute Gasteiger partial charge is 0.258 e. The normalized spacial score (nSPS) is 18.3. The fourth-order valence-corrected chi connectivity index (χ4v) is 4.96. The summed E-state index contributed by atoms with van der Waals surface area (Å²) in [4.78, 5) is 39.4. The average Bonchev–Trinajstić information content (AvgIpc) is 3.57. The third-order valence-corrected chi connectivity index (χ3v) is 6.72. The summed E-state index contributed by atoms with van der Waals surface area (Å²) in [6.45, 7) is 5.84. The van der Waals surface area contributed by atoms with Crippen LogP contribution in [0.15, 0.2) is 28.8 Å². The molecule has 1 atom stereocenters. The van der Waals surface area contributed by atoms with Crippen LogP contribution in [-0.4, -0.2) is 58.3 Å². The molecule has 2 aliphatic heterocycles. The molecule has 4 heterocycles. The molecule has 2 saturated heterocycles. The third kappa shape index (κ3) is 3.73. The molecule has 2 amide bonds. The highest BCUT2D eigenvalue weighted by molar-refractivity contribution is 6.07. The van der Waals surface area contributed by atoms with E-state index in [-0.39, 0.29) is 17.9 Å². The van der Waals surface area contributed by atoms with Crippen LogP contribution in [0.1, 0.15) is 69.7 Å². The van der Waals surface area contributed by atoms with Gasteiger partial charge in [-0.05, 0) is 57.7 Å². The van der Waals surface area contributed by atoms with Crippen LogP contribution in [0.25, 0.3) is 11.0 Å². The summed E-state index contributed by atoms with van der Waals surface area (Å²) < 4.78 is 11.2. The zero-order chi connectivity index (χ0) is 23.1. The molecule has 8 heteroatoms. The number of likely N-dealkylation sites (tertiary alicyclic amines) is 2. The number of amides is 2. The lowest BCUT2D eigenvalue weighted by Gasteiger charge is -2.24. The number of carbonyl (C=O) groups excluding carboxylic acids is 2. The minimum Gasteiger partial charge on any atom is -0.497 e. The molecule has 0 bridgehead atoms. The number of furan rings is 1. The Balaban J connectivity index is 1.44. The topological polar surface area (TPSA) is 88.8 Å². The number of fused-ring (bicyclic) bond motifs is 1. The Morgan fingerprint density at radius 2 is 1.88 bits per heavy atom. The molecule has 8 nitrogen and oxygen atoms in total. The second-order valence-corrected chi connectivity index (χ2v) is 8.78. The maximum atomic E-state index is 13.7. The maximum absolute atomic E-state index is 13.7. The predicted octanol–water partition coefficient (Wildman–Crippen LogP) is 4.06. The Labute approximate surface area is 192 Å². The lowest BCUT2D eigenvalue weighted by molar-refractivity contribution is 0.0726. The third-order valence-electron chi connectivity index (χ3n) is 6.72. The fourth-order valence-electron chi connectivity index (χ4n) is 4.96. The summed E-state index contributed by atoms with van der Waals surface area (Å²) in [6.07, 6.45) is 5.35. The van der Waals surface area contributed by atoms with Gasteiger partial charge in [-0.3, -0.25) is 9.59 Å². The van der Waals surface area contributed by atoms with Crippen LogP contribution in [0, 0.1) is 13.8 Å². The molecular weight excluding hydrogens is 420 g/mol. The molecule has 0 spiro atoms. The Morgan fingerprint density at radius 3 is 2.61 bits per heavy atom. The fraction of sp³-hybridized carbons (Fsp3) is 0.440. The van der Waals surface area contributed by atoms with Gasteiger partial charge >= 0.3 is 0 Å². The molecule has 0 N–H and O–H groups in total. The molecule has 2 fully saturated rings.